The monoisotopic (exact) mass is 402 g/mol. The molecule has 1 aromatic heterocycles. The Morgan fingerprint density at radius 2 is 2.00 bits per heavy atom. The van der Waals surface area contributed by atoms with Crippen LogP contribution in [0, 0.1) is 6.92 Å². The summed E-state index contributed by atoms with van der Waals surface area (Å²) in [7, 11) is -3.68. The number of thiazole rings is 1. The van der Waals surface area contributed by atoms with Crippen molar-refractivity contribution in [3.8, 4) is 0 Å². The highest BCUT2D eigenvalue weighted by molar-refractivity contribution is 7.91. The van der Waals surface area contributed by atoms with Gasteiger partial charge in [0.05, 0.1) is 11.7 Å². The average molecular weight is 402 g/mol. The number of nitrogens with zero attached hydrogens (tertiary/aromatic N) is 3. The van der Waals surface area contributed by atoms with Gasteiger partial charge >= 0.3 is 6.09 Å². The second-order valence-corrected chi connectivity index (χ2v) is 9.67. The van der Waals surface area contributed by atoms with Gasteiger partial charge in [-0.3, -0.25) is 9.69 Å². The van der Waals surface area contributed by atoms with Gasteiger partial charge in [0.15, 0.2) is 9.34 Å². The molecule has 1 unspecified atom stereocenters. The van der Waals surface area contributed by atoms with Gasteiger partial charge in [-0.1, -0.05) is 11.3 Å². The molecule has 1 atom stereocenters. The van der Waals surface area contributed by atoms with Gasteiger partial charge < -0.3 is 10.1 Å². The SMILES string of the molecule is CC(=O)Nc1nc(C)c(S(=O)(=O)N2CCC(N3C(=O)OCC3C)CC2)s1. The number of aromatic nitrogens is 1. The minimum Gasteiger partial charge on any atom is -0.447 e. The Balaban J connectivity index is 1.71. The number of aryl methyl sites for hydroxylation is 1. The molecule has 1 aromatic rings. The molecule has 0 saturated carbocycles. The van der Waals surface area contributed by atoms with Crippen LogP contribution in [-0.4, -0.2) is 66.4 Å². The van der Waals surface area contributed by atoms with Gasteiger partial charge in [-0.2, -0.15) is 4.31 Å². The van der Waals surface area contributed by atoms with Crippen LogP contribution in [0.3, 0.4) is 0 Å². The van der Waals surface area contributed by atoms with Crippen LogP contribution in [0.4, 0.5) is 9.93 Å². The summed E-state index contributed by atoms with van der Waals surface area (Å²) >= 11 is 0.958. The summed E-state index contributed by atoms with van der Waals surface area (Å²) in [5.41, 5.74) is 0.373. The minimum absolute atomic E-state index is 0.0102. The molecule has 0 spiro atoms. The molecule has 0 bridgehead atoms. The molecule has 2 amide bonds. The van der Waals surface area contributed by atoms with Gasteiger partial charge in [-0.15, -0.1) is 0 Å². The van der Waals surface area contributed by atoms with Crippen molar-refractivity contribution >= 4 is 38.5 Å². The number of carbonyl (C=O) groups is 2. The summed E-state index contributed by atoms with van der Waals surface area (Å²) in [5.74, 6) is -0.296. The van der Waals surface area contributed by atoms with E-state index in [4.69, 9.17) is 4.74 Å². The van der Waals surface area contributed by atoms with Crippen LogP contribution < -0.4 is 5.32 Å². The summed E-state index contributed by atoms with van der Waals surface area (Å²) in [5, 5.41) is 2.80. The number of nitrogens with one attached hydrogen (secondary N) is 1. The number of cyclic esters (lactones) is 1. The van der Waals surface area contributed by atoms with Crippen LogP contribution >= 0.6 is 11.3 Å². The van der Waals surface area contributed by atoms with Crippen molar-refractivity contribution < 1.29 is 22.7 Å². The maximum Gasteiger partial charge on any atom is 0.410 e. The van der Waals surface area contributed by atoms with Gasteiger partial charge in [0.1, 0.15) is 6.61 Å². The molecule has 0 aromatic carbocycles. The van der Waals surface area contributed by atoms with Crippen LogP contribution in [0.15, 0.2) is 4.21 Å². The zero-order valence-electron chi connectivity index (χ0n) is 14.9. The molecule has 0 radical (unpaired) electrons. The molecule has 11 heteroatoms. The standard InChI is InChI=1S/C15H22N4O5S2/c1-9-8-24-15(21)19(9)12-4-6-18(7-5-12)26(22,23)13-10(2)16-14(25-13)17-11(3)20/h9,12H,4-8H2,1-3H3,(H,16,17,20). The lowest BCUT2D eigenvalue weighted by Gasteiger charge is -2.36. The molecule has 0 aliphatic carbocycles. The molecule has 26 heavy (non-hydrogen) atoms. The van der Waals surface area contributed by atoms with E-state index in [9.17, 15) is 18.0 Å². The summed E-state index contributed by atoms with van der Waals surface area (Å²) in [6.07, 6.45) is 0.807. The quantitative estimate of drug-likeness (QED) is 0.815. The Morgan fingerprint density at radius 3 is 2.54 bits per heavy atom. The van der Waals surface area contributed by atoms with Crippen molar-refractivity contribution in [2.45, 2.75) is 49.9 Å². The molecule has 2 saturated heterocycles. The second-order valence-electron chi connectivity index (χ2n) is 6.54. The predicted octanol–water partition coefficient (Wildman–Crippen LogP) is 1.40. The van der Waals surface area contributed by atoms with Crippen molar-refractivity contribution in [1.29, 1.82) is 0 Å². The van der Waals surface area contributed by atoms with Gasteiger partial charge in [0.25, 0.3) is 10.0 Å². The molecular weight excluding hydrogens is 380 g/mol. The van der Waals surface area contributed by atoms with E-state index in [2.05, 4.69) is 10.3 Å². The first kappa shape index (κ1) is 19.1. The van der Waals surface area contributed by atoms with E-state index < -0.39 is 10.0 Å². The lowest BCUT2D eigenvalue weighted by atomic mass is 10.0. The summed E-state index contributed by atoms with van der Waals surface area (Å²) < 4.78 is 32.5. The Hall–Kier alpha value is -1.72. The van der Waals surface area contributed by atoms with E-state index in [1.807, 2.05) is 6.92 Å². The van der Waals surface area contributed by atoms with Crippen LogP contribution in [-0.2, 0) is 19.6 Å². The fraction of sp³-hybridized carbons (Fsp3) is 0.667. The van der Waals surface area contributed by atoms with Gasteiger partial charge in [-0.05, 0) is 26.7 Å². The molecule has 1 N–H and O–H groups in total. The Bertz CT molecular complexity index is 814. The van der Waals surface area contributed by atoms with Crippen LogP contribution in [0.1, 0.15) is 32.4 Å². The molecule has 2 fully saturated rings. The van der Waals surface area contributed by atoms with E-state index in [0.717, 1.165) is 11.3 Å². The van der Waals surface area contributed by atoms with E-state index in [1.165, 1.54) is 11.2 Å². The third kappa shape index (κ3) is 3.55. The van der Waals surface area contributed by atoms with Crippen molar-refractivity contribution in [3.63, 3.8) is 0 Å². The predicted molar refractivity (Wildman–Crippen MR) is 95.6 cm³/mol. The summed E-state index contributed by atoms with van der Waals surface area (Å²) in [6.45, 7) is 5.93. The average Bonchev–Trinajstić information content (AvgIpc) is 3.09. The van der Waals surface area contributed by atoms with E-state index >= 15 is 0 Å². The molecule has 2 aliphatic rings. The first-order valence-electron chi connectivity index (χ1n) is 8.40. The first-order chi connectivity index (χ1) is 12.2. The van der Waals surface area contributed by atoms with Crippen molar-refractivity contribution in [1.82, 2.24) is 14.2 Å². The highest BCUT2D eigenvalue weighted by Crippen LogP contribution is 2.32. The van der Waals surface area contributed by atoms with E-state index in [1.54, 1.807) is 11.8 Å². The summed E-state index contributed by atoms with van der Waals surface area (Å²) in [6, 6.07) is 0.00330. The van der Waals surface area contributed by atoms with Crippen LogP contribution in [0.5, 0.6) is 0 Å². The number of amides is 2. The van der Waals surface area contributed by atoms with Crippen LogP contribution in [0.25, 0.3) is 0 Å². The molecule has 3 rings (SSSR count). The van der Waals surface area contributed by atoms with Gasteiger partial charge in [-0.25, -0.2) is 18.2 Å². The second kappa shape index (κ2) is 7.12. The largest absolute Gasteiger partial charge is 0.447 e. The Labute approximate surface area is 156 Å². The molecule has 9 nitrogen and oxygen atoms in total. The molecular formula is C15H22N4O5S2. The number of hydrogen-bond donors (Lipinski definition) is 1. The minimum atomic E-state index is -3.68. The Kier molecular flexibility index (Phi) is 5.22. The molecule has 3 heterocycles. The highest BCUT2D eigenvalue weighted by Gasteiger charge is 2.39. The summed E-state index contributed by atoms with van der Waals surface area (Å²) in [4.78, 5) is 28.8. The number of rotatable bonds is 4. The maximum absolute atomic E-state index is 12.9. The van der Waals surface area contributed by atoms with Crippen molar-refractivity contribution in [2.75, 3.05) is 25.0 Å². The maximum atomic E-state index is 12.9. The smallest absolute Gasteiger partial charge is 0.410 e. The lowest BCUT2D eigenvalue weighted by Crippen LogP contribution is -2.49. The van der Waals surface area contributed by atoms with E-state index in [0.29, 0.717) is 38.2 Å². The number of ether oxygens (including phenoxy) is 1. The third-order valence-electron chi connectivity index (χ3n) is 4.56. The zero-order valence-corrected chi connectivity index (χ0v) is 16.5. The first-order valence-corrected chi connectivity index (χ1v) is 10.7. The molecule has 144 valence electrons. The van der Waals surface area contributed by atoms with E-state index in [-0.39, 0.29) is 33.4 Å². The number of hydrogen-bond acceptors (Lipinski definition) is 7. The van der Waals surface area contributed by atoms with Crippen molar-refractivity contribution in [2.24, 2.45) is 0 Å². The van der Waals surface area contributed by atoms with Crippen LogP contribution in [0.2, 0.25) is 0 Å². The Morgan fingerprint density at radius 1 is 1.35 bits per heavy atom. The highest BCUT2D eigenvalue weighted by atomic mass is 32.2. The fourth-order valence-electron chi connectivity index (χ4n) is 3.34. The topological polar surface area (TPSA) is 109 Å². The van der Waals surface area contributed by atoms with Crippen molar-refractivity contribution in [3.05, 3.63) is 5.69 Å². The number of sulfonamides is 1. The zero-order chi connectivity index (χ0) is 19.1. The molecule has 2 aliphatic heterocycles. The number of piperidine rings is 1. The van der Waals surface area contributed by atoms with Gasteiger partial charge in [0, 0.05) is 26.1 Å². The lowest BCUT2D eigenvalue weighted by molar-refractivity contribution is -0.114. The fourth-order valence-corrected chi connectivity index (χ4v) is 6.40. The number of anilines is 1. The van der Waals surface area contributed by atoms with Gasteiger partial charge in [0.2, 0.25) is 5.91 Å². The third-order valence-corrected chi connectivity index (χ3v) is 8.12. The normalized spacial score (nSPS) is 22.5. The number of carbonyl (C=O) groups excluding carboxylic acids is 2.